The zero-order valence-corrected chi connectivity index (χ0v) is 36.1. The van der Waals surface area contributed by atoms with Crippen molar-refractivity contribution in [2.24, 2.45) is 5.41 Å². The number of sulfonamides is 1. The highest BCUT2D eigenvalue weighted by atomic mass is 32.2. The lowest BCUT2D eigenvalue weighted by atomic mass is 9.81. The summed E-state index contributed by atoms with van der Waals surface area (Å²) in [6.45, 7) is 21.3. The summed E-state index contributed by atoms with van der Waals surface area (Å²) in [4.78, 5) is 13.0. The molecule has 1 heterocycles. The topological polar surface area (TPSA) is 142 Å². The summed E-state index contributed by atoms with van der Waals surface area (Å²) in [5.41, 5.74) is 1.28. The van der Waals surface area contributed by atoms with Gasteiger partial charge in [-0.3, -0.25) is 0 Å². The molecule has 2 atom stereocenters. The van der Waals surface area contributed by atoms with E-state index in [0.29, 0.717) is 42.4 Å². The molecule has 55 heavy (non-hydrogen) atoms. The monoisotopic (exact) mass is 798 g/mol. The van der Waals surface area contributed by atoms with E-state index in [9.17, 15) is 18.3 Å². The Hall–Kier alpha value is -3.62. The molecule has 304 valence electrons. The van der Waals surface area contributed by atoms with E-state index in [2.05, 4.69) is 57.8 Å². The van der Waals surface area contributed by atoms with Gasteiger partial charge in [-0.1, -0.05) is 77.1 Å². The van der Waals surface area contributed by atoms with Gasteiger partial charge in [0.05, 0.1) is 17.0 Å². The molecule has 0 aromatic heterocycles. The number of aliphatic hydroxyl groups excluding tert-OH is 1. The van der Waals surface area contributed by atoms with Crippen LogP contribution in [-0.2, 0) is 38.6 Å². The molecule has 0 fully saturated rings. The molecule has 0 spiro atoms. The highest BCUT2D eigenvalue weighted by molar-refractivity contribution is 7.89. The molecule has 3 N–H and O–H groups in total. The summed E-state index contributed by atoms with van der Waals surface area (Å²) in [5, 5.41) is 14.3. The van der Waals surface area contributed by atoms with Gasteiger partial charge in [0.25, 0.3) is 0 Å². The Morgan fingerprint density at radius 3 is 2.22 bits per heavy atom. The second-order valence-corrected chi connectivity index (χ2v) is 24.2. The van der Waals surface area contributed by atoms with E-state index >= 15 is 0 Å². The van der Waals surface area contributed by atoms with Gasteiger partial charge in [-0.05, 0) is 105 Å². The molecule has 4 rings (SSSR count). The molecule has 13 heteroatoms. The summed E-state index contributed by atoms with van der Waals surface area (Å²) in [7, 11) is -6.05. The third-order valence-electron chi connectivity index (χ3n) is 10.1. The molecule has 0 saturated heterocycles. The molecule has 1 aliphatic heterocycles. The Kier molecular flexibility index (Phi) is 14.5. The first kappa shape index (κ1) is 44.1. The van der Waals surface area contributed by atoms with Gasteiger partial charge < -0.3 is 33.8 Å². The van der Waals surface area contributed by atoms with Crippen molar-refractivity contribution < 1.29 is 41.7 Å². The molecule has 0 saturated carbocycles. The molecule has 11 nitrogen and oxygen atoms in total. The number of carbonyl (C=O) groups is 1. The van der Waals surface area contributed by atoms with Crippen molar-refractivity contribution in [3.63, 3.8) is 0 Å². The van der Waals surface area contributed by atoms with Crippen LogP contribution in [0, 0.1) is 5.41 Å². The van der Waals surface area contributed by atoms with E-state index in [1.165, 1.54) is 6.07 Å². The Morgan fingerprint density at radius 2 is 1.58 bits per heavy atom. The maximum Gasteiger partial charge on any atom is 0.407 e. The van der Waals surface area contributed by atoms with E-state index in [1.54, 1.807) is 26.8 Å². The lowest BCUT2D eigenvalue weighted by molar-refractivity contribution is 0.0427. The van der Waals surface area contributed by atoms with Crippen molar-refractivity contribution in [1.29, 1.82) is 0 Å². The first-order valence-electron chi connectivity index (χ1n) is 19.0. The number of amides is 1. The van der Waals surface area contributed by atoms with Crippen molar-refractivity contribution in [1.82, 2.24) is 10.0 Å². The van der Waals surface area contributed by atoms with E-state index in [4.69, 9.17) is 23.4 Å². The first-order chi connectivity index (χ1) is 25.6. The van der Waals surface area contributed by atoms with Crippen LogP contribution in [0.4, 0.5) is 4.79 Å². The number of hydrogen-bond donors (Lipinski definition) is 3. The van der Waals surface area contributed by atoms with Crippen LogP contribution in [0.2, 0.25) is 18.1 Å². The summed E-state index contributed by atoms with van der Waals surface area (Å²) in [6, 6.07) is 19.4. The largest absolute Gasteiger partial charge is 0.489 e. The number of ether oxygens (including phenoxy) is 4. The molecule has 1 aliphatic rings. The van der Waals surface area contributed by atoms with Gasteiger partial charge in [0.1, 0.15) is 18.0 Å². The summed E-state index contributed by atoms with van der Waals surface area (Å²) in [5.74, 6) is 1.57. The predicted octanol–water partition coefficient (Wildman–Crippen LogP) is 8.14. The highest BCUT2D eigenvalue weighted by Gasteiger charge is 2.37. The minimum Gasteiger partial charge on any atom is -0.489 e. The van der Waals surface area contributed by atoms with E-state index in [1.807, 2.05) is 54.6 Å². The van der Waals surface area contributed by atoms with Crippen LogP contribution in [0.25, 0.3) is 0 Å². The molecule has 3 aromatic carbocycles. The summed E-state index contributed by atoms with van der Waals surface area (Å²) in [6.07, 6.45) is 0.197. The van der Waals surface area contributed by atoms with Gasteiger partial charge in [0.2, 0.25) is 16.8 Å². The lowest BCUT2D eigenvalue weighted by Gasteiger charge is -2.36. The van der Waals surface area contributed by atoms with Crippen LogP contribution in [-0.4, -0.2) is 65.6 Å². The second-order valence-electron chi connectivity index (χ2n) is 17.6. The van der Waals surface area contributed by atoms with Crippen LogP contribution in [0.5, 0.6) is 17.2 Å². The molecular formula is C42H62N2O9SSi. The number of fused-ring (bicyclic) bond motifs is 1. The Balaban J connectivity index is 1.47. The maximum absolute atomic E-state index is 14.0. The van der Waals surface area contributed by atoms with Crippen LogP contribution in [0.15, 0.2) is 71.6 Å². The van der Waals surface area contributed by atoms with Gasteiger partial charge >= 0.3 is 6.09 Å². The van der Waals surface area contributed by atoms with Gasteiger partial charge in [-0.15, -0.1) is 0 Å². The van der Waals surface area contributed by atoms with Gasteiger partial charge in [-0.2, -0.15) is 0 Å². The molecule has 1 amide bonds. The van der Waals surface area contributed by atoms with E-state index in [-0.39, 0.29) is 35.1 Å². The Bertz CT molecular complexity index is 1820. The fraction of sp³-hybridized carbons (Fsp3) is 0.548. The van der Waals surface area contributed by atoms with Crippen LogP contribution in [0.1, 0.15) is 84.9 Å². The van der Waals surface area contributed by atoms with Crippen LogP contribution < -0.4 is 24.2 Å². The summed E-state index contributed by atoms with van der Waals surface area (Å²) < 4.78 is 59.9. The third kappa shape index (κ3) is 13.2. The molecule has 3 aromatic rings. The minimum atomic E-state index is -4.16. The zero-order chi connectivity index (χ0) is 40.7. The first-order valence-corrected chi connectivity index (χ1v) is 23.4. The van der Waals surface area contributed by atoms with Gasteiger partial charge in [0, 0.05) is 18.7 Å². The fourth-order valence-electron chi connectivity index (χ4n) is 5.97. The number of nitrogens with one attached hydrogen (secondary N) is 2. The number of carbonyl (C=O) groups excluding carboxylic acids is 1. The van der Waals surface area contributed by atoms with Crippen LogP contribution >= 0.6 is 0 Å². The highest BCUT2D eigenvalue weighted by Crippen LogP contribution is 2.43. The SMILES string of the molecule is CC(C)(CCCO[Si](C)(C)C(C)(C)C)Cc1c(S(=O)(=O)NC[C@@H](O)[C@H](Cc2ccc(OCc3ccccc3)cc2)NC(=O)OC(C)(C)C)ccc2c1OCO2. The lowest BCUT2D eigenvalue weighted by Crippen LogP contribution is -2.50. The molecule has 0 radical (unpaired) electrons. The van der Waals surface area contributed by atoms with E-state index < -0.39 is 42.2 Å². The van der Waals surface area contributed by atoms with Crippen molar-refractivity contribution in [2.75, 3.05) is 19.9 Å². The van der Waals surface area contributed by atoms with Gasteiger partial charge in [0.15, 0.2) is 19.8 Å². The maximum atomic E-state index is 14.0. The molecule has 0 unspecified atom stereocenters. The number of alkyl carbamates (subject to hydrolysis) is 1. The average Bonchev–Trinajstić information content (AvgIpc) is 3.57. The number of rotatable bonds is 18. The van der Waals surface area contributed by atoms with Crippen molar-refractivity contribution in [3.8, 4) is 17.2 Å². The summed E-state index contributed by atoms with van der Waals surface area (Å²) >= 11 is 0. The van der Waals surface area contributed by atoms with E-state index in [0.717, 1.165) is 24.0 Å². The minimum absolute atomic E-state index is 0.00307. The standard InChI is InChI=1S/C42H62N2O9SSi/c1-40(2,3)53-39(46)44-34(25-30-17-19-32(20-18-30)49-28-31-15-12-11-13-16-31)35(45)27-43-54(47,48)37-22-21-36-38(51-29-50-36)33(37)26-42(7,8)23-14-24-52-55(9,10)41(4,5)6/h11-13,15-22,34-35,43,45H,14,23-29H2,1-10H3,(H,44,46)/t34-,35+/m0/s1. The quantitative estimate of drug-likeness (QED) is 0.0859. The fourth-order valence-corrected chi connectivity index (χ4v) is 8.34. The van der Waals surface area contributed by atoms with Gasteiger partial charge in [-0.25, -0.2) is 17.9 Å². The van der Waals surface area contributed by atoms with Crippen molar-refractivity contribution >= 4 is 24.4 Å². The van der Waals surface area contributed by atoms with Crippen LogP contribution in [0.3, 0.4) is 0 Å². The molecule has 0 aliphatic carbocycles. The Morgan fingerprint density at radius 1 is 0.909 bits per heavy atom. The third-order valence-corrected chi connectivity index (χ3v) is 16.1. The Labute approximate surface area is 329 Å². The average molecular weight is 799 g/mol. The number of benzene rings is 3. The number of hydrogen-bond acceptors (Lipinski definition) is 9. The van der Waals surface area contributed by atoms with Crippen molar-refractivity contribution in [3.05, 3.63) is 83.4 Å². The predicted molar refractivity (Wildman–Crippen MR) is 218 cm³/mol. The normalized spacial score (nSPS) is 14.7. The smallest absolute Gasteiger partial charge is 0.407 e. The number of aliphatic hydroxyl groups is 1. The zero-order valence-electron chi connectivity index (χ0n) is 34.3. The molecule has 0 bridgehead atoms. The molecular weight excluding hydrogens is 737 g/mol. The second kappa shape index (κ2) is 18.1. The van der Waals surface area contributed by atoms with Crippen molar-refractivity contribution in [2.45, 2.75) is 128 Å².